The molecule has 2 aromatic rings. The maximum absolute atomic E-state index is 12.9. The number of aryl methyl sites for hydroxylation is 1. The van der Waals surface area contributed by atoms with Crippen molar-refractivity contribution < 1.29 is 9.53 Å². The Morgan fingerprint density at radius 1 is 1.24 bits per heavy atom. The van der Waals surface area contributed by atoms with Gasteiger partial charge in [0, 0.05) is 54.9 Å². The third-order valence-corrected chi connectivity index (χ3v) is 7.00. The molecule has 0 saturated heterocycles. The van der Waals surface area contributed by atoms with E-state index in [0.29, 0.717) is 13.1 Å². The molecule has 6 heteroatoms. The van der Waals surface area contributed by atoms with Crippen molar-refractivity contribution in [3.8, 4) is 0 Å². The molecule has 150 valence electrons. The van der Waals surface area contributed by atoms with Gasteiger partial charge in [-0.1, -0.05) is 18.2 Å². The third kappa shape index (κ3) is 3.49. The van der Waals surface area contributed by atoms with Crippen LogP contribution in [0, 0.1) is 0 Å². The highest BCUT2D eigenvalue weighted by atomic mass is 32.2. The van der Waals surface area contributed by atoms with E-state index >= 15 is 0 Å². The van der Waals surface area contributed by atoms with E-state index in [1.54, 1.807) is 18.9 Å². The Bertz CT molecular complexity index is 975. The first-order valence-corrected chi connectivity index (χ1v) is 11.4. The second kappa shape index (κ2) is 7.92. The maximum atomic E-state index is 12.9. The number of aliphatic imine (C=N–C) groups is 1. The third-order valence-electron chi connectivity index (χ3n) is 6.22. The van der Waals surface area contributed by atoms with Gasteiger partial charge in [0.15, 0.2) is 0 Å². The van der Waals surface area contributed by atoms with Crippen LogP contribution in [0.3, 0.4) is 0 Å². The quantitative estimate of drug-likeness (QED) is 0.748. The molecule has 0 N–H and O–H groups in total. The van der Waals surface area contributed by atoms with Gasteiger partial charge in [-0.25, -0.2) is 0 Å². The number of hydrogen-bond donors (Lipinski definition) is 0. The SMILES string of the molecule is COC1CCCc2nc(CCN3Cc4c(cccc4C4CSC=N4)C3=O)ccc21. The Balaban J connectivity index is 1.30. The summed E-state index contributed by atoms with van der Waals surface area (Å²) in [5.74, 6) is 1.10. The Labute approximate surface area is 175 Å². The van der Waals surface area contributed by atoms with Gasteiger partial charge in [-0.15, -0.1) is 11.8 Å². The van der Waals surface area contributed by atoms with E-state index in [0.717, 1.165) is 54.0 Å². The average Bonchev–Trinajstić information content (AvgIpc) is 3.40. The van der Waals surface area contributed by atoms with Crippen molar-refractivity contribution in [2.24, 2.45) is 4.99 Å². The molecule has 1 amide bonds. The topological polar surface area (TPSA) is 54.8 Å². The standard InChI is InChI=1S/C23H25N3O2S/c1-28-22-7-3-6-20-18(22)9-8-15(25-20)10-11-26-12-19-16(21-13-29-14-24-21)4-2-5-17(19)23(26)27/h2,4-5,8-9,14,21-22H,3,6-7,10-13H2,1H3. The maximum Gasteiger partial charge on any atom is 0.254 e. The van der Waals surface area contributed by atoms with E-state index in [9.17, 15) is 4.79 Å². The highest BCUT2D eigenvalue weighted by molar-refractivity contribution is 8.12. The molecule has 0 spiro atoms. The lowest BCUT2D eigenvalue weighted by molar-refractivity contribution is 0.0780. The van der Waals surface area contributed by atoms with Gasteiger partial charge >= 0.3 is 0 Å². The van der Waals surface area contributed by atoms with Crippen LogP contribution in [-0.2, 0) is 24.1 Å². The van der Waals surface area contributed by atoms with Gasteiger partial charge in [-0.3, -0.25) is 14.8 Å². The summed E-state index contributed by atoms with van der Waals surface area (Å²) in [6.07, 6.45) is 4.14. The number of carbonyl (C=O) groups is 1. The first-order chi connectivity index (χ1) is 14.2. The number of pyridine rings is 1. The largest absolute Gasteiger partial charge is 0.377 e. The average molecular weight is 408 g/mol. The highest BCUT2D eigenvalue weighted by Crippen LogP contribution is 2.35. The summed E-state index contributed by atoms with van der Waals surface area (Å²) in [5, 5.41) is 0. The molecule has 29 heavy (non-hydrogen) atoms. The number of benzene rings is 1. The first-order valence-electron chi connectivity index (χ1n) is 10.3. The molecule has 5 nitrogen and oxygen atoms in total. The fraction of sp³-hybridized carbons (Fsp3) is 0.435. The molecular weight excluding hydrogens is 382 g/mol. The molecule has 3 heterocycles. The van der Waals surface area contributed by atoms with Crippen LogP contribution in [0.2, 0.25) is 0 Å². The predicted molar refractivity (Wildman–Crippen MR) is 116 cm³/mol. The summed E-state index contributed by atoms with van der Waals surface area (Å²) >= 11 is 1.74. The normalized spacial score (nSPS) is 22.8. The summed E-state index contributed by atoms with van der Waals surface area (Å²) in [7, 11) is 1.77. The van der Waals surface area contributed by atoms with Crippen molar-refractivity contribution in [1.82, 2.24) is 9.88 Å². The zero-order valence-corrected chi connectivity index (χ0v) is 17.5. The molecular formula is C23H25N3O2S. The van der Waals surface area contributed by atoms with Gasteiger partial charge in [0.1, 0.15) is 0 Å². The van der Waals surface area contributed by atoms with Crippen LogP contribution in [0.15, 0.2) is 35.3 Å². The molecule has 0 radical (unpaired) electrons. The minimum absolute atomic E-state index is 0.133. The van der Waals surface area contributed by atoms with Gasteiger partial charge in [0.25, 0.3) is 5.91 Å². The molecule has 2 aliphatic heterocycles. The van der Waals surface area contributed by atoms with Crippen LogP contribution in [0.25, 0.3) is 0 Å². The molecule has 0 bridgehead atoms. The van der Waals surface area contributed by atoms with Crippen LogP contribution in [-0.4, -0.2) is 40.7 Å². The lowest BCUT2D eigenvalue weighted by atomic mass is 9.93. The second-order valence-electron chi connectivity index (χ2n) is 7.91. The van der Waals surface area contributed by atoms with E-state index in [-0.39, 0.29) is 18.1 Å². The number of amides is 1. The molecule has 2 atom stereocenters. The lowest BCUT2D eigenvalue weighted by Gasteiger charge is -2.24. The second-order valence-corrected chi connectivity index (χ2v) is 8.79. The molecule has 5 rings (SSSR count). The lowest BCUT2D eigenvalue weighted by Crippen LogP contribution is -2.26. The molecule has 3 aliphatic rings. The van der Waals surface area contributed by atoms with Crippen LogP contribution >= 0.6 is 11.8 Å². The van der Waals surface area contributed by atoms with Gasteiger partial charge in [-0.05, 0) is 42.5 Å². The predicted octanol–water partition coefficient (Wildman–Crippen LogP) is 4.12. The Morgan fingerprint density at radius 2 is 2.17 bits per heavy atom. The van der Waals surface area contributed by atoms with E-state index in [1.807, 2.05) is 22.6 Å². The Hall–Kier alpha value is -2.18. The number of thioether (sulfide) groups is 1. The molecule has 0 saturated carbocycles. The van der Waals surface area contributed by atoms with Crippen LogP contribution in [0.1, 0.15) is 63.4 Å². The van der Waals surface area contributed by atoms with Gasteiger partial charge in [0.05, 0.1) is 17.7 Å². The van der Waals surface area contributed by atoms with Crippen LogP contribution < -0.4 is 0 Å². The van der Waals surface area contributed by atoms with E-state index < -0.39 is 0 Å². The van der Waals surface area contributed by atoms with Gasteiger partial charge < -0.3 is 9.64 Å². The fourth-order valence-electron chi connectivity index (χ4n) is 4.67. The summed E-state index contributed by atoms with van der Waals surface area (Å²) in [5.41, 5.74) is 8.58. The summed E-state index contributed by atoms with van der Waals surface area (Å²) in [4.78, 5) is 24.4. The molecule has 2 unspecified atom stereocenters. The number of nitrogens with zero attached hydrogens (tertiary/aromatic N) is 3. The Kier molecular flexibility index (Phi) is 5.14. The smallest absolute Gasteiger partial charge is 0.254 e. The van der Waals surface area contributed by atoms with Crippen molar-refractivity contribution in [2.75, 3.05) is 19.4 Å². The number of hydrogen-bond acceptors (Lipinski definition) is 5. The number of fused-ring (bicyclic) bond motifs is 2. The van der Waals surface area contributed by atoms with Crippen molar-refractivity contribution in [1.29, 1.82) is 0 Å². The highest BCUT2D eigenvalue weighted by Gasteiger charge is 2.31. The van der Waals surface area contributed by atoms with Crippen molar-refractivity contribution in [3.63, 3.8) is 0 Å². The van der Waals surface area contributed by atoms with Gasteiger partial charge in [-0.2, -0.15) is 0 Å². The molecule has 0 fully saturated rings. The number of ether oxygens (including phenoxy) is 1. The van der Waals surface area contributed by atoms with Crippen molar-refractivity contribution in [3.05, 3.63) is 64.0 Å². The summed E-state index contributed by atoms with van der Waals surface area (Å²) in [6.45, 7) is 1.37. The Morgan fingerprint density at radius 3 is 3.00 bits per heavy atom. The van der Waals surface area contributed by atoms with E-state index in [4.69, 9.17) is 9.72 Å². The van der Waals surface area contributed by atoms with Crippen molar-refractivity contribution in [2.45, 2.75) is 44.4 Å². The minimum atomic E-state index is 0.133. The number of carbonyl (C=O) groups excluding carboxylic acids is 1. The van der Waals surface area contributed by atoms with Gasteiger partial charge in [0.2, 0.25) is 0 Å². The summed E-state index contributed by atoms with van der Waals surface area (Å²) < 4.78 is 5.60. The van der Waals surface area contributed by atoms with Crippen LogP contribution in [0.4, 0.5) is 0 Å². The molecule has 1 aromatic carbocycles. The molecule has 1 aromatic heterocycles. The minimum Gasteiger partial charge on any atom is -0.377 e. The van der Waals surface area contributed by atoms with Crippen molar-refractivity contribution >= 4 is 23.2 Å². The van der Waals surface area contributed by atoms with E-state index in [2.05, 4.69) is 23.2 Å². The monoisotopic (exact) mass is 407 g/mol. The zero-order chi connectivity index (χ0) is 19.8. The summed E-state index contributed by atoms with van der Waals surface area (Å²) in [6, 6.07) is 10.5. The first kappa shape index (κ1) is 18.8. The number of aromatic nitrogens is 1. The van der Waals surface area contributed by atoms with Crippen LogP contribution in [0.5, 0.6) is 0 Å². The fourth-order valence-corrected chi connectivity index (χ4v) is 5.43. The zero-order valence-electron chi connectivity index (χ0n) is 16.6. The number of methoxy groups -OCH3 is 1. The van der Waals surface area contributed by atoms with E-state index in [1.165, 1.54) is 11.1 Å². The molecule has 1 aliphatic carbocycles. The number of rotatable bonds is 5.